The number of benzene rings is 2. The standard InChI is InChI=1S/C21H26ClN3O2/c1-24-11-13-25(14-12-24)20(16-5-9-19(27-2)10-6-16)15-23-21(26)17-3-7-18(22)8-4-17/h3-10,20H,11-15H2,1-2H3,(H,23,26). The summed E-state index contributed by atoms with van der Waals surface area (Å²) in [5.41, 5.74) is 1.79. The fraction of sp³-hybridized carbons (Fsp3) is 0.381. The molecule has 1 fully saturated rings. The zero-order valence-corrected chi connectivity index (χ0v) is 16.6. The maximum absolute atomic E-state index is 12.5. The van der Waals surface area contributed by atoms with Gasteiger partial charge in [0.2, 0.25) is 0 Å². The monoisotopic (exact) mass is 387 g/mol. The van der Waals surface area contributed by atoms with Crippen molar-refractivity contribution in [2.75, 3.05) is 46.9 Å². The van der Waals surface area contributed by atoms with Crippen LogP contribution in [0.4, 0.5) is 0 Å². The lowest BCUT2D eigenvalue weighted by atomic mass is 10.0. The Labute approximate surface area is 165 Å². The maximum Gasteiger partial charge on any atom is 0.251 e. The number of halogens is 1. The Hall–Kier alpha value is -2.08. The number of carbonyl (C=O) groups excluding carboxylic acids is 1. The number of methoxy groups -OCH3 is 1. The van der Waals surface area contributed by atoms with Crippen LogP contribution in [0.2, 0.25) is 5.02 Å². The summed E-state index contributed by atoms with van der Waals surface area (Å²) in [4.78, 5) is 17.3. The van der Waals surface area contributed by atoms with Crippen LogP contribution in [-0.2, 0) is 0 Å². The number of nitrogens with zero attached hydrogens (tertiary/aromatic N) is 2. The van der Waals surface area contributed by atoms with Crippen molar-refractivity contribution in [2.24, 2.45) is 0 Å². The lowest BCUT2D eigenvalue weighted by molar-refractivity contribution is 0.0886. The minimum Gasteiger partial charge on any atom is -0.497 e. The van der Waals surface area contributed by atoms with Crippen LogP contribution in [0.1, 0.15) is 22.0 Å². The van der Waals surface area contributed by atoms with E-state index in [0.717, 1.165) is 31.9 Å². The molecule has 0 saturated carbocycles. The van der Waals surface area contributed by atoms with Gasteiger partial charge in [-0.15, -0.1) is 0 Å². The summed E-state index contributed by atoms with van der Waals surface area (Å²) in [5, 5.41) is 3.71. The fourth-order valence-corrected chi connectivity index (χ4v) is 3.44. The first-order valence-corrected chi connectivity index (χ1v) is 9.55. The van der Waals surface area contributed by atoms with E-state index in [1.165, 1.54) is 5.56 Å². The average molecular weight is 388 g/mol. The van der Waals surface area contributed by atoms with Crippen molar-refractivity contribution >= 4 is 17.5 Å². The first kappa shape index (κ1) is 19.7. The molecule has 0 aliphatic carbocycles. The quantitative estimate of drug-likeness (QED) is 0.827. The Morgan fingerprint density at radius 3 is 2.30 bits per heavy atom. The number of hydrogen-bond donors (Lipinski definition) is 1. The number of ether oxygens (including phenoxy) is 1. The lowest BCUT2D eigenvalue weighted by Crippen LogP contribution is -2.48. The number of nitrogens with one attached hydrogen (secondary N) is 1. The molecule has 6 heteroatoms. The Bertz CT molecular complexity index is 741. The molecular formula is C21H26ClN3O2. The van der Waals surface area contributed by atoms with Crippen LogP contribution in [-0.4, -0.2) is 62.6 Å². The highest BCUT2D eigenvalue weighted by atomic mass is 35.5. The van der Waals surface area contributed by atoms with Gasteiger partial charge in [0.1, 0.15) is 5.75 Å². The van der Waals surface area contributed by atoms with Crippen molar-refractivity contribution in [2.45, 2.75) is 6.04 Å². The maximum atomic E-state index is 12.5. The molecule has 1 atom stereocenters. The van der Waals surface area contributed by atoms with Crippen molar-refractivity contribution < 1.29 is 9.53 Å². The molecule has 1 heterocycles. The van der Waals surface area contributed by atoms with Crippen LogP contribution in [0, 0.1) is 0 Å². The van der Waals surface area contributed by atoms with Gasteiger partial charge in [0, 0.05) is 43.3 Å². The highest BCUT2D eigenvalue weighted by molar-refractivity contribution is 6.30. The third-order valence-corrected chi connectivity index (χ3v) is 5.29. The van der Waals surface area contributed by atoms with Gasteiger partial charge in [0.05, 0.1) is 13.2 Å². The van der Waals surface area contributed by atoms with Gasteiger partial charge in [0.15, 0.2) is 0 Å². The van der Waals surface area contributed by atoms with Crippen molar-refractivity contribution in [1.29, 1.82) is 0 Å². The summed E-state index contributed by atoms with van der Waals surface area (Å²) in [6.07, 6.45) is 0. The van der Waals surface area contributed by atoms with E-state index in [0.29, 0.717) is 17.1 Å². The van der Waals surface area contributed by atoms with E-state index in [1.54, 1.807) is 31.4 Å². The number of rotatable bonds is 6. The molecule has 0 bridgehead atoms. The van der Waals surface area contributed by atoms with Gasteiger partial charge >= 0.3 is 0 Å². The van der Waals surface area contributed by atoms with Gasteiger partial charge in [-0.2, -0.15) is 0 Å². The Morgan fingerprint density at radius 1 is 1.07 bits per heavy atom. The molecule has 0 radical (unpaired) electrons. The zero-order chi connectivity index (χ0) is 19.2. The second-order valence-corrected chi connectivity index (χ2v) is 7.28. The molecular weight excluding hydrogens is 362 g/mol. The van der Waals surface area contributed by atoms with E-state index < -0.39 is 0 Å². The molecule has 5 nitrogen and oxygen atoms in total. The number of carbonyl (C=O) groups is 1. The summed E-state index contributed by atoms with van der Waals surface area (Å²) in [6.45, 7) is 4.56. The van der Waals surface area contributed by atoms with E-state index in [4.69, 9.17) is 16.3 Å². The first-order valence-electron chi connectivity index (χ1n) is 9.17. The minimum absolute atomic E-state index is 0.0840. The molecule has 1 aliphatic heterocycles. The highest BCUT2D eigenvalue weighted by Gasteiger charge is 2.24. The number of piperazine rings is 1. The molecule has 0 aromatic heterocycles. The Kier molecular flexibility index (Phi) is 6.72. The number of hydrogen-bond acceptors (Lipinski definition) is 4. The minimum atomic E-state index is -0.0840. The fourth-order valence-electron chi connectivity index (χ4n) is 3.31. The number of amides is 1. The summed E-state index contributed by atoms with van der Waals surface area (Å²) in [7, 11) is 3.81. The van der Waals surface area contributed by atoms with Gasteiger partial charge in [0.25, 0.3) is 5.91 Å². The lowest BCUT2D eigenvalue weighted by Gasteiger charge is -2.38. The van der Waals surface area contributed by atoms with Gasteiger partial charge < -0.3 is 15.0 Å². The highest BCUT2D eigenvalue weighted by Crippen LogP contribution is 2.24. The van der Waals surface area contributed by atoms with Crippen molar-refractivity contribution in [3.63, 3.8) is 0 Å². The summed E-state index contributed by atoms with van der Waals surface area (Å²) in [6, 6.07) is 15.2. The van der Waals surface area contributed by atoms with Gasteiger partial charge in [-0.25, -0.2) is 0 Å². The van der Waals surface area contributed by atoms with Gasteiger partial charge in [-0.1, -0.05) is 23.7 Å². The predicted molar refractivity (Wildman–Crippen MR) is 109 cm³/mol. The predicted octanol–water partition coefficient (Wildman–Crippen LogP) is 3.07. The molecule has 1 unspecified atom stereocenters. The van der Waals surface area contributed by atoms with Crippen molar-refractivity contribution in [1.82, 2.24) is 15.1 Å². The van der Waals surface area contributed by atoms with Crippen LogP contribution in [0.3, 0.4) is 0 Å². The third kappa shape index (κ3) is 5.22. The van der Waals surface area contributed by atoms with Crippen LogP contribution in [0.15, 0.2) is 48.5 Å². The summed E-state index contributed by atoms with van der Waals surface area (Å²) >= 11 is 5.91. The molecule has 1 N–H and O–H groups in total. The smallest absolute Gasteiger partial charge is 0.251 e. The Morgan fingerprint density at radius 2 is 1.70 bits per heavy atom. The van der Waals surface area contributed by atoms with E-state index in [9.17, 15) is 4.79 Å². The van der Waals surface area contributed by atoms with Crippen LogP contribution in [0.5, 0.6) is 5.75 Å². The molecule has 144 valence electrons. The molecule has 0 spiro atoms. The summed E-state index contributed by atoms with van der Waals surface area (Å²) < 4.78 is 5.27. The summed E-state index contributed by atoms with van der Waals surface area (Å²) in [5.74, 6) is 0.750. The van der Waals surface area contributed by atoms with Crippen LogP contribution < -0.4 is 10.1 Å². The topological polar surface area (TPSA) is 44.8 Å². The second-order valence-electron chi connectivity index (χ2n) is 6.85. The van der Waals surface area contributed by atoms with E-state index in [1.807, 2.05) is 12.1 Å². The molecule has 3 rings (SSSR count). The normalized spacial score (nSPS) is 16.7. The molecule has 1 aliphatic rings. The van der Waals surface area contributed by atoms with E-state index in [2.05, 4.69) is 34.3 Å². The molecule has 27 heavy (non-hydrogen) atoms. The van der Waals surface area contributed by atoms with Gasteiger partial charge in [-0.3, -0.25) is 9.69 Å². The number of likely N-dealkylation sites (N-methyl/N-ethyl adjacent to an activating group) is 1. The Balaban J connectivity index is 1.72. The first-order chi connectivity index (χ1) is 13.1. The average Bonchev–Trinajstić information content (AvgIpc) is 2.70. The molecule has 1 amide bonds. The zero-order valence-electron chi connectivity index (χ0n) is 15.8. The van der Waals surface area contributed by atoms with Crippen LogP contribution in [0.25, 0.3) is 0 Å². The molecule has 2 aromatic rings. The molecule has 2 aromatic carbocycles. The van der Waals surface area contributed by atoms with Crippen molar-refractivity contribution in [3.8, 4) is 5.75 Å². The largest absolute Gasteiger partial charge is 0.497 e. The van der Waals surface area contributed by atoms with Gasteiger partial charge in [-0.05, 0) is 49.0 Å². The van der Waals surface area contributed by atoms with Crippen molar-refractivity contribution in [3.05, 3.63) is 64.7 Å². The van der Waals surface area contributed by atoms with Crippen LogP contribution >= 0.6 is 11.6 Å². The SMILES string of the molecule is COc1ccc(C(CNC(=O)c2ccc(Cl)cc2)N2CCN(C)CC2)cc1. The van der Waals surface area contributed by atoms with E-state index >= 15 is 0 Å². The molecule has 1 saturated heterocycles. The van der Waals surface area contributed by atoms with E-state index in [-0.39, 0.29) is 11.9 Å². The second kappa shape index (κ2) is 9.22. The third-order valence-electron chi connectivity index (χ3n) is 5.04.